The molecule has 2 unspecified atom stereocenters. The minimum Gasteiger partial charge on any atom is -0.351 e. The Balaban J connectivity index is 2.02. The first-order valence-electron chi connectivity index (χ1n) is 6.41. The molecule has 0 aromatic heterocycles. The summed E-state index contributed by atoms with van der Waals surface area (Å²) in [5.74, 6) is -0.357. The third-order valence-corrected chi connectivity index (χ3v) is 4.77. The van der Waals surface area contributed by atoms with Crippen molar-refractivity contribution in [2.75, 3.05) is 0 Å². The number of halogens is 2. The predicted molar refractivity (Wildman–Crippen MR) is 75.9 cm³/mol. The van der Waals surface area contributed by atoms with Crippen LogP contribution in [0.3, 0.4) is 0 Å². The first-order chi connectivity index (χ1) is 8.93. The second-order valence-electron chi connectivity index (χ2n) is 5.33. The SMILES string of the molecule is CC1(C(=O)NCc2cc(F)ccc2Br)CCCC1N. The summed E-state index contributed by atoms with van der Waals surface area (Å²) in [4.78, 5) is 12.2. The first-order valence-corrected chi connectivity index (χ1v) is 7.20. The molecular formula is C14H18BrFN2O. The number of carbonyl (C=O) groups is 1. The largest absolute Gasteiger partial charge is 0.351 e. The summed E-state index contributed by atoms with van der Waals surface area (Å²) in [5, 5.41) is 2.86. The normalized spacial score (nSPS) is 26.4. The monoisotopic (exact) mass is 328 g/mol. The van der Waals surface area contributed by atoms with Crippen LogP contribution in [0.2, 0.25) is 0 Å². The quantitative estimate of drug-likeness (QED) is 0.896. The Morgan fingerprint density at radius 3 is 3.00 bits per heavy atom. The summed E-state index contributed by atoms with van der Waals surface area (Å²) in [6.07, 6.45) is 2.67. The minimum atomic E-state index is -0.500. The standard InChI is InChI=1S/C14H18BrFN2O/c1-14(6-2-3-12(14)17)13(19)18-8-9-7-10(16)4-5-11(9)15/h4-5,7,12H,2-3,6,8,17H2,1H3,(H,18,19). The van der Waals surface area contributed by atoms with Crippen LogP contribution in [0.4, 0.5) is 4.39 Å². The van der Waals surface area contributed by atoms with Crippen LogP contribution < -0.4 is 11.1 Å². The summed E-state index contributed by atoms with van der Waals surface area (Å²) in [6.45, 7) is 2.21. The molecule has 1 aromatic carbocycles. The van der Waals surface area contributed by atoms with Gasteiger partial charge in [0.1, 0.15) is 5.82 Å². The van der Waals surface area contributed by atoms with E-state index < -0.39 is 5.41 Å². The number of rotatable bonds is 3. The van der Waals surface area contributed by atoms with Crippen LogP contribution >= 0.6 is 15.9 Å². The predicted octanol–water partition coefficient (Wildman–Crippen LogP) is 2.72. The highest BCUT2D eigenvalue weighted by molar-refractivity contribution is 9.10. The molecule has 1 saturated carbocycles. The number of hydrogen-bond acceptors (Lipinski definition) is 2. The lowest BCUT2D eigenvalue weighted by Crippen LogP contribution is -2.47. The van der Waals surface area contributed by atoms with Gasteiger partial charge in [0, 0.05) is 17.1 Å². The summed E-state index contributed by atoms with van der Waals surface area (Å²) in [6, 6.07) is 4.34. The number of nitrogens with two attached hydrogens (primary N) is 1. The third-order valence-electron chi connectivity index (χ3n) is 4.00. The lowest BCUT2D eigenvalue weighted by atomic mass is 9.84. The zero-order valence-corrected chi connectivity index (χ0v) is 12.5. The van der Waals surface area contributed by atoms with Crippen LogP contribution in [0.25, 0.3) is 0 Å². The van der Waals surface area contributed by atoms with E-state index >= 15 is 0 Å². The van der Waals surface area contributed by atoms with Crippen molar-refractivity contribution in [1.29, 1.82) is 0 Å². The highest BCUT2D eigenvalue weighted by atomic mass is 79.9. The molecule has 2 rings (SSSR count). The van der Waals surface area contributed by atoms with Gasteiger partial charge in [-0.2, -0.15) is 0 Å². The van der Waals surface area contributed by atoms with Crippen LogP contribution in [0.1, 0.15) is 31.7 Å². The van der Waals surface area contributed by atoms with Gasteiger partial charge in [0.25, 0.3) is 0 Å². The van der Waals surface area contributed by atoms with Gasteiger partial charge in [0.05, 0.1) is 5.41 Å². The molecule has 0 saturated heterocycles. The van der Waals surface area contributed by atoms with Crippen LogP contribution in [-0.2, 0) is 11.3 Å². The summed E-state index contributed by atoms with van der Waals surface area (Å²) in [5.41, 5.74) is 6.23. The lowest BCUT2D eigenvalue weighted by molar-refractivity contribution is -0.130. The molecule has 3 N–H and O–H groups in total. The molecule has 2 atom stereocenters. The van der Waals surface area contributed by atoms with Crippen molar-refractivity contribution in [1.82, 2.24) is 5.32 Å². The molecule has 0 aliphatic heterocycles. The van der Waals surface area contributed by atoms with Crippen LogP contribution in [0.15, 0.2) is 22.7 Å². The van der Waals surface area contributed by atoms with E-state index in [1.165, 1.54) is 12.1 Å². The molecule has 1 aromatic rings. The molecule has 0 radical (unpaired) electrons. The topological polar surface area (TPSA) is 55.1 Å². The van der Waals surface area contributed by atoms with E-state index in [0.29, 0.717) is 6.54 Å². The number of nitrogens with one attached hydrogen (secondary N) is 1. The first kappa shape index (κ1) is 14.5. The van der Waals surface area contributed by atoms with Gasteiger partial charge in [0.2, 0.25) is 5.91 Å². The van der Waals surface area contributed by atoms with Crippen molar-refractivity contribution < 1.29 is 9.18 Å². The second-order valence-corrected chi connectivity index (χ2v) is 6.19. The van der Waals surface area contributed by atoms with E-state index in [4.69, 9.17) is 5.73 Å². The van der Waals surface area contributed by atoms with E-state index in [1.807, 2.05) is 6.92 Å². The van der Waals surface area contributed by atoms with Crippen molar-refractivity contribution in [2.45, 2.75) is 38.8 Å². The maximum Gasteiger partial charge on any atom is 0.227 e. The fourth-order valence-electron chi connectivity index (χ4n) is 2.53. The van der Waals surface area contributed by atoms with E-state index in [1.54, 1.807) is 6.07 Å². The van der Waals surface area contributed by atoms with Gasteiger partial charge in [-0.1, -0.05) is 22.4 Å². The van der Waals surface area contributed by atoms with E-state index in [-0.39, 0.29) is 17.8 Å². The number of amides is 1. The molecule has 0 spiro atoms. The van der Waals surface area contributed by atoms with E-state index in [0.717, 1.165) is 29.3 Å². The Bertz CT molecular complexity index is 494. The van der Waals surface area contributed by atoms with Crippen LogP contribution in [0.5, 0.6) is 0 Å². The van der Waals surface area contributed by atoms with Gasteiger partial charge in [-0.25, -0.2) is 4.39 Å². The Labute approximate surface area is 120 Å². The van der Waals surface area contributed by atoms with E-state index in [9.17, 15) is 9.18 Å². The van der Waals surface area contributed by atoms with Crippen molar-refractivity contribution in [3.63, 3.8) is 0 Å². The molecule has 1 aliphatic carbocycles. The Morgan fingerprint density at radius 2 is 2.37 bits per heavy atom. The minimum absolute atomic E-state index is 0.0475. The summed E-state index contributed by atoms with van der Waals surface area (Å²) >= 11 is 3.35. The molecule has 3 nitrogen and oxygen atoms in total. The maximum absolute atomic E-state index is 13.2. The number of benzene rings is 1. The molecule has 5 heteroatoms. The zero-order valence-electron chi connectivity index (χ0n) is 10.9. The molecule has 19 heavy (non-hydrogen) atoms. The van der Waals surface area contributed by atoms with Gasteiger partial charge in [-0.3, -0.25) is 4.79 Å². The molecule has 1 amide bonds. The molecule has 104 valence electrons. The van der Waals surface area contributed by atoms with E-state index in [2.05, 4.69) is 21.2 Å². The van der Waals surface area contributed by atoms with Gasteiger partial charge in [-0.15, -0.1) is 0 Å². The highest BCUT2D eigenvalue weighted by Crippen LogP contribution is 2.36. The lowest BCUT2D eigenvalue weighted by Gasteiger charge is -2.27. The maximum atomic E-state index is 13.2. The summed E-state index contributed by atoms with van der Waals surface area (Å²) in [7, 11) is 0. The van der Waals surface area contributed by atoms with Crippen molar-refractivity contribution >= 4 is 21.8 Å². The van der Waals surface area contributed by atoms with Crippen molar-refractivity contribution in [2.24, 2.45) is 11.1 Å². The van der Waals surface area contributed by atoms with Crippen LogP contribution in [-0.4, -0.2) is 11.9 Å². The van der Waals surface area contributed by atoms with Gasteiger partial charge in [0.15, 0.2) is 0 Å². The summed E-state index contributed by atoms with van der Waals surface area (Å²) < 4.78 is 13.9. The van der Waals surface area contributed by atoms with Gasteiger partial charge in [-0.05, 0) is 43.5 Å². The van der Waals surface area contributed by atoms with Crippen molar-refractivity contribution in [3.8, 4) is 0 Å². The fraction of sp³-hybridized carbons (Fsp3) is 0.500. The Hall–Kier alpha value is -0.940. The van der Waals surface area contributed by atoms with Gasteiger partial charge < -0.3 is 11.1 Å². The molecular weight excluding hydrogens is 311 g/mol. The van der Waals surface area contributed by atoms with Crippen LogP contribution in [0, 0.1) is 11.2 Å². The molecule has 0 heterocycles. The molecule has 0 bridgehead atoms. The molecule has 1 fully saturated rings. The average Bonchev–Trinajstić information content (AvgIpc) is 2.71. The second kappa shape index (κ2) is 5.59. The Kier molecular flexibility index (Phi) is 4.26. The third kappa shape index (κ3) is 2.98. The average molecular weight is 329 g/mol. The smallest absolute Gasteiger partial charge is 0.227 e. The zero-order chi connectivity index (χ0) is 14.0. The fourth-order valence-corrected chi connectivity index (χ4v) is 2.92. The number of carbonyl (C=O) groups excluding carboxylic acids is 1. The van der Waals surface area contributed by atoms with Gasteiger partial charge >= 0.3 is 0 Å². The Morgan fingerprint density at radius 1 is 1.63 bits per heavy atom. The molecule has 1 aliphatic rings. The van der Waals surface area contributed by atoms with Crippen molar-refractivity contribution in [3.05, 3.63) is 34.1 Å². The highest BCUT2D eigenvalue weighted by Gasteiger charge is 2.42. The number of hydrogen-bond donors (Lipinski definition) is 2.